The lowest BCUT2D eigenvalue weighted by Gasteiger charge is -2.00. The van der Waals surface area contributed by atoms with Gasteiger partial charge in [0.1, 0.15) is 0 Å². The Hall–Kier alpha value is -0.560. The molecule has 0 aromatic carbocycles. The van der Waals surface area contributed by atoms with Crippen LogP contribution >= 0.6 is 11.6 Å². The molecule has 0 fully saturated rings. The van der Waals surface area contributed by atoms with Gasteiger partial charge in [0.2, 0.25) is 0 Å². The molecule has 2 heteroatoms. The van der Waals surface area contributed by atoms with Crippen molar-refractivity contribution in [3.8, 4) is 0 Å². The lowest BCUT2D eigenvalue weighted by Crippen LogP contribution is -1.86. The van der Waals surface area contributed by atoms with Crippen LogP contribution in [0.3, 0.4) is 0 Å². The van der Waals surface area contributed by atoms with E-state index >= 15 is 0 Å². The number of unbranched alkanes of at least 4 members (excludes halogenated alkanes) is 1. The van der Waals surface area contributed by atoms with Crippen molar-refractivity contribution in [3.63, 3.8) is 0 Å². The fourth-order valence-corrected chi connectivity index (χ4v) is 1.11. The van der Waals surface area contributed by atoms with Gasteiger partial charge in [-0.1, -0.05) is 24.9 Å². The molecule has 1 rings (SSSR count). The number of halogens is 1. The molecule has 1 heterocycles. The Kier molecular flexibility index (Phi) is 3.37. The minimum absolute atomic E-state index is 0.813. The van der Waals surface area contributed by atoms with Gasteiger partial charge >= 0.3 is 0 Å². The fraction of sp³-hybridized carbons (Fsp3) is 0.333. The highest BCUT2D eigenvalue weighted by atomic mass is 35.5. The van der Waals surface area contributed by atoms with Crippen LogP contribution in [0.1, 0.15) is 18.4 Å². The van der Waals surface area contributed by atoms with Crippen LogP contribution in [0.4, 0.5) is 0 Å². The lowest BCUT2D eigenvalue weighted by molar-refractivity contribution is 0.837. The van der Waals surface area contributed by atoms with E-state index in [-0.39, 0.29) is 0 Å². The molecule has 1 nitrogen and oxygen atoms in total. The summed E-state index contributed by atoms with van der Waals surface area (Å²) in [5.41, 5.74) is 1.12. The maximum atomic E-state index is 5.90. The van der Waals surface area contributed by atoms with Gasteiger partial charge in [0, 0.05) is 17.4 Å². The molecule has 11 heavy (non-hydrogen) atoms. The molecule has 0 saturated heterocycles. The van der Waals surface area contributed by atoms with E-state index in [9.17, 15) is 0 Å². The first-order valence-corrected chi connectivity index (χ1v) is 4.10. The number of rotatable bonds is 3. The average Bonchev–Trinajstić information content (AvgIpc) is 2.03. The second-order valence-corrected chi connectivity index (χ2v) is 2.83. The number of aryl methyl sites for hydroxylation is 1. The van der Waals surface area contributed by atoms with E-state index in [4.69, 9.17) is 11.6 Å². The molecular formula is C9H11ClN. The predicted octanol–water partition coefficient (Wildman–Crippen LogP) is 2.89. The quantitative estimate of drug-likeness (QED) is 0.677. The molecule has 1 radical (unpaired) electrons. The molecule has 0 unspecified atom stereocenters. The van der Waals surface area contributed by atoms with Crippen molar-refractivity contribution < 1.29 is 0 Å². The summed E-state index contributed by atoms with van der Waals surface area (Å²) in [6.45, 7) is 3.77. The standard InChI is InChI=1S/C9H11ClN/c1-2-3-4-8-7-11-6-5-9(8)10/h5-7H,1-4H2. The lowest BCUT2D eigenvalue weighted by atomic mass is 10.1. The van der Waals surface area contributed by atoms with Gasteiger partial charge in [0.25, 0.3) is 0 Å². The van der Waals surface area contributed by atoms with Crippen molar-refractivity contribution in [3.05, 3.63) is 36.0 Å². The second-order valence-electron chi connectivity index (χ2n) is 2.42. The van der Waals surface area contributed by atoms with Gasteiger partial charge in [-0.3, -0.25) is 4.98 Å². The SMILES string of the molecule is [CH2]CCCc1cnccc1Cl. The van der Waals surface area contributed by atoms with Gasteiger partial charge in [-0.2, -0.15) is 0 Å². The topological polar surface area (TPSA) is 12.9 Å². The Morgan fingerprint density at radius 3 is 3.00 bits per heavy atom. The third-order valence-electron chi connectivity index (χ3n) is 1.54. The Bertz CT molecular complexity index is 223. The molecule has 0 aliphatic heterocycles. The maximum Gasteiger partial charge on any atom is 0.0468 e. The van der Waals surface area contributed by atoms with Crippen molar-refractivity contribution in [2.24, 2.45) is 0 Å². The van der Waals surface area contributed by atoms with Gasteiger partial charge in [-0.05, 0) is 24.5 Å². The van der Waals surface area contributed by atoms with Crippen LogP contribution in [0, 0.1) is 6.92 Å². The molecule has 0 aliphatic rings. The number of hydrogen-bond donors (Lipinski definition) is 0. The van der Waals surface area contributed by atoms with Gasteiger partial charge in [0.05, 0.1) is 0 Å². The average molecular weight is 169 g/mol. The Labute approximate surface area is 72.4 Å². The summed E-state index contributed by atoms with van der Waals surface area (Å²) in [7, 11) is 0. The minimum Gasteiger partial charge on any atom is -0.264 e. The van der Waals surface area contributed by atoms with Gasteiger partial charge < -0.3 is 0 Å². The zero-order valence-corrected chi connectivity index (χ0v) is 7.14. The molecule has 0 atom stereocenters. The number of hydrogen-bond acceptors (Lipinski definition) is 1. The van der Waals surface area contributed by atoms with E-state index in [1.165, 1.54) is 0 Å². The number of pyridine rings is 1. The van der Waals surface area contributed by atoms with Crippen LogP contribution in [0.25, 0.3) is 0 Å². The van der Waals surface area contributed by atoms with E-state index in [0.717, 1.165) is 29.8 Å². The highest BCUT2D eigenvalue weighted by molar-refractivity contribution is 6.31. The van der Waals surface area contributed by atoms with Gasteiger partial charge in [-0.15, -0.1) is 0 Å². The summed E-state index contributed by atoms with van der Waals surface area (Å²) < 4.78 is 0. The Morgan fingerprint density at radius 1 is 1.55 bits per heavy atom. The zero-order chi connectivity index (χ0) is 8.10. The molecule has 59 valence electrons. The Morgan fingerprint density at radius 2 is 2.36 bits per heavy atom. The third kappa shape index (κ3) is 2.51. The smallest absolute Gasteiger partial charge is 0.0468 e. The highest BCUT2D eigenvalue weighted by Gasteiger charge is 1.97. The Balaban J connectivity index is 2.62. The van der Waals surface area contributed by atoms with E-state index < -0.39 is 0 Å². The normalized spacial score (nSPS) is 10.0. The third-order valence-corrected chi connectivity index (χ3v) is 1.91. The van der Waals surface area contributed by atoms with Crippen LogP contribution in [0.5, 0.6) is 0 Å². The molecule has 0 saturated carbocycles. The first-order valence-electron chi connectivity index (χ1n) is 3.72. The summed E-state index contributed by atoms with van der Waals surface area (Å²) in [5, 5.41) is 0.813. The molecule has 0 spiro atoms. The molecule has 1 aromatic rings. The summed E-state index contributed by atoms with van der Waals surface area (Å²) >= 11 is 5.90. The monoisotopic (exact) mass is 168 g/mol. The van der Waals surface area contributed by atoms with E-state index in [2.05, 4.69) is 11.9 Å². The van der Waals surface area contributed by atoms with Crippen LogP contribution in [-0.4, -0.2) is 4.98 Å². The fourth-order valence-electron chi connectivity index (χ4n) is 0.910. The van der Waals surface area contributed by atoms with Crippen LogP contribution in [-0.2, 0) is 6.42 Å². The number of nitrogens with zero attached hydrogens (tertiary/aromatic N) is 1. The summed E-state index contributed by atoms with van der Waals surface area (Å²) in [5.74, 6) is 0. The maximum absolute atomic E-state index is 5.90. The minimum atomic E-state index is 0.813. The van der Waals surface area contributed by atoms with E-state index in [0.29, 0.717) is 0 Å². The van der Waals surface area contributed by atoms with Crippen molar-refractivity contribution in [2.45, 2.75) is 19.3 Å². The van der Waals surface area contributed by atoms with E-state index in [1.54, 1.807) is 6.20 Å². The molecule has 0 N–H and O–H groups in total. The highest BCUT2D eigenvalue weighted by Crippen LogP contribution is 2.15. The second kappa shape index (κ2) is 4.35. The van der Waals surface area contributed by atoms with Crippen molar-refractivity contribution in [2.75, 3.05) is 0 Å². The van der Waals surface area contributed by atoms with Crippen LogP contribution < -0.4 is 0 Å². The first-order chi connectivity index (χ1) is 5.34. The summed E-state index contributed by atoms with van der Waals surface area (Å²) in [6.07, 6.45) is 6.53. The molecular weight excluding hydrogens is 158 g/mol. The van der Waals surface area contributed by atoms with Crippen molar-refractivity contribution in [1.29, 1.82) is 0 Å². The largest absolute Gasteiger partial charge is 0.264 e. The molecule has 1 aromatic heterocycles. The first kappa shape index (κ1) is 8.54. The summed E-state index contributed by atoms with van der Waals surface area (Å²) in [6, 6.07) is 1.82. The molecule has 0 amide bonds. The summed E-state index contributed by atoms with van der Waals surface area (Å²) in [4.78, 5) is 3.99. The van der Waals surface area contributed by atoms with Crippen LogP contribution in [0.2, 0.25) is 5.02 Å². The zero-order valence-electron chi connectivity index (χ0n) is 6.39. The van der Waals surface area contributed by atoms with Crippen molar-refractivity contribution in [1.82, 2.24) is 4.98 Å². The van der Waals surface area contributed by atoms with E-state index in [1.807, 2.05) is 12.3 Å². The predicted molar refractivity (Wildman–Crippen MR) is 47.5 cm³/mol. The number of aromatic nitrogens is 1. The van der Waals surface area contributed by atoms with Crippen molar-refractivity contribution >= 4 is 11.6 Å². The molecule has 0 bridgehead atoms. The van der Waals surface area contributed by atoms with Gasteiger partial charge in [-0.25, -0.2) is 0 Å². The van der Waals surface area contributed by atoms with Gasteiger partial charge in [0.15, 0.2) is 0 Å². The van der Waals surface area contributed by atoms with Crippen LogP contribution in [0.15, 0.2) is 18.5 Å². The molecule has 0 aliphatic carbocycles.